The van der Waals surface area contributed by atoms with Crippen LogP contribution >= 0.6 is 45.1 Å². The fourth-order valence-corrected chi connectivity index (χ4v) is 6.80. The van der Waals surface area contributed by atoms with Crippen molar-refractivity contribution in [1.29, 1.82) is 0 Å². The summed E-state index contributed by atoms with van der Waals surface area (Å²) in [4.78, 5) is 0. The summed E-state index contributed by atoms with van der Waals surface area (Å²) >= 11 is 3.88. The van der Waals surface area contributed by atoms with Crippen molar-refractivity contribution in [3.8, 4) is 0 Å². The van der Waals surface area contributed by atoms with Gasteiger partial charge in [-0.3, -0.25) is 0 Å². The van der Waals surface area contributed by atoms with E-state index in [9.17, 15) is 0 Å². The zero-order chi connectivity index (χ0) is 14.2. The standard InChI is InChI=1S/C14H18O2S4/c1-11-13(3-5-15-11)7-17-9-19-20-10-18-8-14-4-6-16-12(14)2/h3-6H,7-10H2,1-2H3. The minimum Gasteiger partial charge on any atom is -0.469 e. The maximum Gasteiger partial charge on any atom is 0.104 e. The molecular formula is C14H18O2S4. The van der Waals surface area contributed by atoms with Crippen LogP contribution in [0.15, 0.2) is 33.5 Å². The Balaban J connectivity index is 1.46. The Morgan fingerprint density at radius 3 is 1.60 bits per heavy atom. The third-order valence-corrected chi connectivity index (χ3v) is 8.33. The van der Waals surface area contributed by atoms with Crippen LogP contribution < -0.4 is 0 Å². The molecule has 0 aliphatic carbocycles. The van der Waals surface area contributed by atoms with Crippen molar-refractivity contribution in [1.82, 2.24) is 0 Å². The van der Waals surface area contributed by atoms with Gasteiger partial charge in [-0.1, -0.05) is 21.6 Å². The number of furan rings is 2. The van der Waals surface area contributed by atoms with E-state index >= 15 is 0 Å². The Hall–Kier alpha value is -0.0400. The molecule has 0 saturated heterocycles. The second-order valence-electron chi connectivity index (χ2n) is 4.17. The lowest BCUT2D eigenvalue weighted by atomic mass is 10.3. The normalized spacial score (nSPS) is 11.1. The first-order chi connectivity index (χ1) is 9.77. The Morgan fingerprint density at radius 2 is 1.25 bits per heavy atom. The molecule has 0 fully saturated rings. The summed E-state index contributed by atoms with van der Waals surface area (Å²) in [7, 11) is 3.85. The number of rotatable bonds is 9. The van der Waals surface area contributed by atoms with Gasteiger partial charge in [0.15, 0.2) is 0 Å². The molecule has 110 valence electrons. The predicted molar refractivity (Wildman–Crippen MR) is 94.4 cm³/mol. The van der Waals surface area contributed by atoms with Crippen LogP contribution in [0.4, 0.5) is 0 Å². The van der Waals surface area contributed by atoms with Gasteiger partial charge in [0.25, 0.3) is 0 Å². The lowest BCUT2D eigenvalue weighted by molar-refractivity contribution is 0.531. The molecule has 0 aromatic carbocycles. The van der Waals surface area contributed by atoms with Crippen LogP contribution in [0.25, 0.3) is 0 Å². The Morgan fingerprint density at radius 1 is 0.800 bits per heavy atom. The second kappa shape index (κ2) is 9.07. The van der Waals surface area contributed by atoms with E-state index in [1.165, 1.54) is 11.1 Å². The summed E-state index contributed by atoms with van der Waals surface area (Å²) in [5.74, 6) is 4.16. The average molecular weight is 347 g/mol. The Kier molecular flexibility index (Phi) is 7.41. The van der Waals surface area contributed by atoms with Crippen LogP contribution in [0.3, 0.4) is 0 Å². The van der Waals surface area contributed by atoms with Gasteiger partial charge in [-0.25, -0.2) is 0 Å². The van der Waals surface area contributed by atoms with Gasteiger partial charge in [-0.05, 0) is 26.0 Å². The van der Waals surface area contributed by atoms with Crippen molar-refractivity contribution in [2.45, 2.75) is 25.4 Å². The monoisotopic (exact) mass is 346 g/mol. The molecule has 0 amide bonds. The van der Waals surface area contributed by atoms with Gasteiger partial charge in [-0.2, -0.15) is 0 Å². The van der Waals surface area contributed by atoms with Crippen LogP contribution in [-0.2, 0) is 11.5 Å². The fourth-order valence-electron chi connectivity index (χ4n) is 1.56. The third kappa shape index (κ3) is 5.39. The maximum absolute atomic E-state index is 5.28. The molecule has 0 atom stereocenters. The van der Waals surface area contributed by atoms with E-state index in [1.807, 2.05) is 59.0 Å². The van der Waals surface area contributed by atoms with E-state index in [2.05, 4.69) is 12.1 Å². The van der Waals surface area contributed by atoms with Gasteiger partial charge in [-0.15, -0.1) is 23.5 Å². The Labute approximate surface area is 136 Å². The summed E-state index contributed by atoms with van der Waals surface area (Å²) in [6.45, 7) is 4.04. The molecule has 0 bridgehead atoms. The summed E-state index contributed by atoms with van der Waals surface area (Å²) in [6, 6.07) is 4.12. The molecule has 20 heavy (non-hydrogen) atoms. The summed E-state index contributed by atoms with van der Waals surface area (Å²) in [5, 5.41) is 2.22. The van der Waals surface area contributed by atoms with Gasteiger partial charge in [0.05, 0.1) is 12.5 Å². The van der Waals surface area contributed by atoms with Gasteiger partial charge < -0.3 is 8.83 Å². The van der Waals surface area contributed by atoms with Crippen molar-refractivity contribution < 1.29 is 8.83 Å². The summed E-state index contributed by atoms with van der Waals surface area (Å²) < 4.78 is 10.6. The molecule has 2 aromatic rings. The SMILES string of the molecule is Cc1occc1CSCSSCSCc1ccoc1C. The molecule has 6 heteroatoms. The highest BCUT2D eigenvalue weighted by Crippen LogP contribution is 2.32. The highest BCUT2D eigenvalue weighted by Gasteiger charge is 2.02. The van der Waals surface area contributed by atoms with Gasteiger partial charge in [0.1, 0.15) is 11.5 Å². The van der Waals surface area contributed by atoms with Crippen molar-refractivity contribution in [2.75, 3.05) is 10.2 Å². The fraction of sp³-hybridized carbons (Fsp3) is 0.429. The number of thioether (sulfide) groups is 2. The highest BCUT2D eigenvalue weighted by atomic mass is 33.1. The molecule has 2 heterocycles. The number of hydrogen-bond donors (Lipinski definition) is 0. The molecule has 0 unspecified atom stereocenters. The quantitative estimate of drug-likeness (QED) is 0.316. The highest BCUT2D eigenvalue weighted by molar-refractivity contribution is 8.79. The lowest BCUT2D eigenvalue weighted by Crippen LogP contribution is -1.81. The van der Waals surface area contributed by atoms with E-state index < -0.39 is 0 Å². The Bertz CT molecular complexity index is 461. The van der Waals surface area contributed by atoms with Gasteiger partial charge in [0, 0.05) is 32.8 Å². The molecule has 0 aliphatic heterocycles. The molecule has 0 N–H and O–H groups in total. The maximum atomic E-state index is 5.28. The molecule has 2 nitrogen and oxygen atoms in total. The van der Waals surface area contributed by atoms with E-state index in [4.69, 9.17) is 8.83 Å². The molecule has 0 aliphatic rings. The molecule has 0 spiro atoms. The molecule has 2 aromatic heterocycles. The number of hydrogen-bond acceptors (Lipinski definition) is 6. The minimum absolute atomic E-state index is 1.04. The lowest BCUT2D eigenvalue weighted by Gasteiger charge is -2.02. The van der Waals surface area contributed by atoms with E-state index in [1.54, 1.807) is 12.5 Å². The van der Waals surface area contributed by atoms with Crippen LogP contribution in [0.2, 0.25) is 0 Å². The number of aryl methyl sites for hydroxylation is 2. The van der Waals surface area contributed by atoms with E-state index in [0.717, 1.165) is 33.2 Å². The first-order valence-corrected chi connectivity index (χ1v) is 11.0. The zero-order valence-electron chi connectivity index (χ0n) is 11.6. The average Bonchev–Trinajstić information content (AvgIpc) is 3.02. The van der Waals surface area contributed by atoms with Crippen LogP contribution in [0.5, 0.6) is 0 Å². The van der Waals surface area contributed by atoms with Crippen LogP contribution in [0, 0.1) is 13.8 Å². The smallest absolute Gasteiger partial charge is 0.104 e. The zero-order valence-corrected chi connectivity index (χ0v) is 14.9. The van der Waals surface area contributed by atoms with Crippen molar-refractivity contribution >= 4 is 45.1 Å². The predicted octanol–water partition coefficient (Wildman–Crippen LogP) is 5.95. The van der Waals surface area contributed by atoms with Crippen LogP contribution in [-0.4, -0.2) is 10.2 Å². The van der Waals surface area contributed by atoms with Crippen molar-refractivity contribution in [3.63, 3.8) is 0 Å². The van der Waals surface area contributed by atoms with E-state index in [0.29, 0.717) is 0 Å². The minimum atomic E-state index is 1.04. The van der Waals surface area contributed by atoms with Crippen molar-refractivity contribution in [2.24, 2.45) is 0 Å². The topological polar surface area (TPSA) is 26.3 Å². The molecule has 0 radical (unpaired) electrons. The first kappa shape index (κ1) is 16.3. The van der Waals surface area contributed by atoms with E-state index in [-0.39, 0.29) is 0 Å². The summed E-state index contributed by atoms with van der Waals surface area (Å²) in [5.41, 5.74) is 2.62. The second-order valence-corrected chi connectivity index (χ2v) is 9.34. The molecular weight excluding hydrogens is 328 g/mol. The molecule has 2 rings (SSSR count). The van der Waals surface area contributed by atoms with Crippen LogP contribution in [0.1, 0.15) is 22.6 Å². The van der Waals surface area contributed by atoms with Crippen molar-refractivity contribution in [3.05, 3.63) is 47.3 Å². The first-order valence-electron chi connectivity index (χ1n) is 6.23. The largest absolute Gasteiger partial charge is 0.469 e. The summed E-state index contributed by atoms with van der Waals surface area (Å²) in [6.07, 6.45) is 3.53. The van der Waals surface area contributed by atoms with Gasteiger partial charge >= 0.3 is 0 Å². The molecule has 0 saturated carbocycles. The van der Waals surface area contributed by atoms with Gasteiger partial charge in [0.2, 0.25) is 0 Å². The third-order valence-electron chi connectivity index (χ3n) is 2.79.